The van der Waals surface area contributed by atoms with E-state index in [4.69, 9.17) is 23.7 Å². The highest BCUT2D eigenvalue weighted by Crippen LogP contribution is 2.37. The number of rotatable bonds is 3. The SMILES string of the molecule is CCOC(=O)c1cc2nc(N(C(=O)OC(C)(C)C)C(=O)OC(C)(C)C)c3c(c2n1C(=O)OC(C)(C)C)COC3. The summed E-state index contributed by atoms with van der Waals surface area (Å²) in [7, 11) is 0. The molecule has 3 rings (SSSR count). The number of nitrogens with zero attached hydrogens (tertiary/aromatic N) is 3. The van der Waals surface area contributed by atoms with Gasteiger partial charge in [0, 0.05) is 11.1 Å². The number of hydrogen-bond acceptors (Lipinski definition) is 10. The summed E-state index contributed by atoms with van der Waals surface area (Å²) in [4.78, 5) is 58.1. The van der Waals surface area contributed by atoms with Crippen LogP contribution in [0.1, 0.15) is 90.9 Å². The third-order valence-electron chi connectivity index (χ3n) is 5.04. The highest BCUT2D eigenvalue weighted by atomic mass is 16.6. The van der Waals surface area contributed by atoms with E-state index in [2.05, 4.69) is 4.98 Å². The van der Waals surface area contributed by atoms with Gasteiger partial charge >= 0.3 is 24.2 Å². The summed E-state index contributed by atoms with van der Waals surface area (Å²) in [6.07, 6.45) is -2.83. The fourth-order valence-corrected chi connectivity index (χ4v) is 3.79. The van der Waals surface area contributed by atoms with Crippen LogP contribution in [0.4, 0.5) is 20.2 Å². The molecule has 0 saturated heterocycles. The molecule has 0 spiro atoms. The zero-order valence-corrected chi connectivity index (χ0v) is 24.2. The molecule has 0 N–H and O–H groups in total. The molecule has 0 aliphatic carbocycles. The van der Waals surface area contributed by atoms with Crippen molar-refractivity contribution in [2.24, 2.45) is 0 Å². The number of amides is 2. The maximum absolute atomic E-state index is 13.3. The van der Waals surface area contributed by atoms with Gasteiger partial charge in [-0.05, 0) is 75.3 Å². The van der Waals surface area contributed by atoms with Crippen LogP contribution in [-0.2, 0) is 36.9 Å². The number of ether oxygens (including phenoxy) is 5. The Morgan fingerprint density at radius 1 is 0.872 bits per heavy atom. The number of anilines is 1. The molecular weight excluding hydrogens is 510 g/mol. The highest BCUT2D eigenvalue weighted by Gasteiger charge is 2.39. The van der Waals surface area contributed by atoms with E-state index >= 15 is 0 Å². The standard InChI is InChI=1S/C27H37N3O9/c1-11-36-21(31)18-12-17-19(29(18)22(32)37-25(2,3)4)15-13-35-14-16(15)20(28-17)30(23(33)38-26(5,6)7)24(34)39-27(8,9)10/h12H,11,13-14H2,1-10H3. The Bertz CT molecular complexity index is 1280. The van der Waals surface area contributed by atoms with Gasteiger partial charge in [0.25, 0.3) is 0 Å². The van der Waals surface area contributed by atoms with Crippen LogP contribution in [0.25, 0.3) is 11.0 Å². The van der Waals surface area contributed by atoms with Crippen molar-refractivity contribution >= 4 is 41.1 Å². The summed E-state index contributed by atoms with van der Waals surface area (Å²) in [6, 6.07) is 1.35. The highest BCUT2D eigenvalue weighted by molar-refractivity contribution is 6.11. The van der Waals surface area contributed by atoms with Crippen molar-refractivity contribution in [2.45, 2.75) is 99.3 Å². The van der Waals surface area contributed by atoms with Crippen molar-refractivity contribution in [3.05, 3.63) is 22.9 Å². The average Bonchev–Trinajstić information content (AvgIpc) is 3.34. The molecule has 0 fully saturated rings. The summed E-state index contributed by atoms with van der Waals surface area (Å²) in [5.41, 5.74) is -1.66. The smallest absolute Gasteiger partial charge is 0.425 e. The summed E-state index contributed by atoms with van der Waals surface area (Å²) in [5, 5.41) is 0. The lowest BCUT2D eigenvalue weighted by Crippen LogP contribution is -2.44. The monoisotopic (exact) mass is 547 g/mol. The van der Waals surface area contributed by atoms with Crippen LogP contribution in [0.5, 0.6) is 0 Å². The normalized spacial score (nSPS) is 13.6. The lowest BCUT2D eigenvalue weighted by atomic mass is 10.1. The zero-order valence-electron chi connectivity index (χ0n) is 24.2. The van der Waals surface area contributed by atoms with Gasteiger partial charge in [0.2, 0.25) is 0 Å². The molecule has 2 aromatic rings. The molecule has 1 aliphatic heterocycles. The summed E-state index contributed by atoms with van der Waals surface area (Å²) < 4.78 is 28.5. The summed E-state index contributed by atoms with van der Waals surface area (Å²) in [6.45, 7) is 16.8. The number of aromatic nitrogens is 2. The molecule has 0 bridgehead atoms. The second-order valence-electron chi connectivity index (χ2n) is 12.0. The van der Waals surface area contributed by atoms with E-state index in [1.54, 1.807) is 69.2 Å². The fraction of sp³-hybridized carbons (Fsp3) is 0.593. The van der Waals surface area contributed by atoms with E-state index in [-0.39, 0.29) is 42.4 Å². The summed E-state index contributed by atoms with van der Waals surface area (Å²) in [5.74, 6) is -0.859. The van der Waals surface area contributed by atoms with E-state index in [9.17, 15) is 19.2 Å². The van der Waals surface area contributed by atoms with E-state index in [1.165, 1.54) is 6.07 Å². The third kappa shape index (κ3) is 6.86. The van der Waals surface area contributed by atoms with Crippen LogP contribution in [-0.4, -0.2) is 57.2 Å². The van der Waals surface area contributed by atoms with E-state index in [0.29, 0.717) is 16.0 Å². The van der Waals surface area contributed by atoms with Crippen LogP contribution < -0.4 is 4.90 Å². The molecule has 0 radical (unpaired) electrons. The molecule has 0 unspecified atom stereocenters. The second-order valence-corrected chi connectivity index (χ2v) is 12.0. The maximum Gasteiger partial charge on any atom is 0.425 e. The maximum atomic E-state index is 13.3. The van der Waals surface area contributed by atoms with Gasteiger partial charge in [-0.1, -0.05) is 0 Å². The Hall–Kier alpha value is -3.67. The zero-order chi connectivity index (χ0) is 29.5. The molecule has 214 valence electrons. The van der Waals surface area contributed by atoms with Gasteiger partial charge < -0.3 is 23.7 Å². The largest absolute Gasteiger partial charge is 0.461 e. The number of hydrogen-bond donors (Lipinski definition) is 0. The quantitative estimate of drug-likeness (QED) is 0.347. The van der Waals surface area contributed by atoms with E-state index in [1.807, 2.05) is 0 Å². The van der Waals surface area contributed by atoms with Crippen molar-refractivity contribution in [1.82, 2.24) is 9.55 Å². The number of pyridine rings is 1. The van der Waals surface area contributed by atoms with Crippen LogP contribution in [0.3, 0.4) is 0 Å². The lowest BCUT2D eigenvalue weighted by Gasteiger charge is -2.29. The van der Waals surface area contributed by atoms with Crippen molar-refractivity contribution in [3.63, 3.8) is 0 Å². The lowest BCUT2D eigenvalue weighted by molar-refractivity contribution is 0.0425. The first kappa shape index (κ1) is 29.9. The van der Waals surface area contributed by atoms with Crippen molar-refractivity contribution < 1.29 is 42.9 Å². The molecular formula is C27H37N3O9. The molecule has 3 heterocycles. The molecule has 2 aromatic heterocycles. The first-order valence-electron chi connectivity index (χ1n) is 12.6. The van der Waals surface area contributed by atoms with Gasteiger partial charge in [0.05, 0.1) is 30.9 Å². The van der Waals surface area contributed by atoms with Gasteiger partial charge in [0.1, 0.15) is 22.5 Å². The van der Waals surface area contributed by atoms with Gasteiger partial charge in [-0.25, -0.2) is 28.7 Å². The van der Waals surface area contributed by atoms with Crippen LogP contribution in [0, 0.1) is 0 Å². The Labute approximate surface area is 227 Å². The van der Waals surface area contributed by atoms with E-state index in [0.717, 1.165) is 4.57 Å². The Kier molecular flexibility index (Phi) is 8.03. The van der Waals surface area contributed by atoms with Crippen LogP contribution in [0.2, 0.25) is 0 Å². The molecule has 12 nitrogen and oxygen atoms in total. The molecule has 39 heavy (non-hydrogen) atoms. The van der Waals surface area contributed by atoms with Gasteiger partial charge in [-0.2, -0.15) is 4.90 Å². The second kappa shape index (κ2) is 10.5. The number of fused-ring (bicyclic) bond motifs is 3. The van der Waals surface area contributed by atoms with Crippen LogP contribution >= 0.6 is 0 Å². The minimum absolute atomic E-state index is 0.0207. The number of carbonyl (C=O) groups is 4. The van der Waals surface area contributed by atoms with Crippen molar-refractivity contribution in [1.29, 1.82) is 0 Å². The Morgan fingerprint density at radius 2 is 1.38 bits per heavy atom. The Balaban J connectivity index is 2.32. The van der Waals surface area contributed by atoms with Crippen molar-refractivity contribution in [2.75, 3.05) is 11.5 Å². The minimum atomic E-state index is -1.00. The summed E-state index contributed by atoms with van der Waals surface area (Å²) >= 11 is 0. The van der Waals surface area contributed by atoms with Crippen molar-refractivity contribution in [3.8, 4) is 0 Å². The fourth-order valence-electron chi connectivity index (χ4n) is 3.79. The third-order valence-corrected chi connectivity index (χ3v) is 5.04. The topological polar surface area (TPSA) is 135 Å². The number of carbonyl (C=O) groups excluding carboxylic acids is 4. The van der Waals surface area contributed by atoms with Gasteiger partial charge in [0.15, 0.2) is 5.82 Å². The molecule has 0 saturated carbocycles. The molecule has 2 amide bonds. The molecule has 12 heteroatoms. The van der Waals surface area contributed by atoms with E-state index < -0.39 is 41.1 Å². The average molecular weight is 548 g/mol. The Morgan fingerprint density at radius 3 is 1.87 bits per heavy atom. The molecule has 0 aromatic carbocycles. The van der Waals surface area contributed by atoms with Gasteiger partial charge in [-0.15, -0.1) is 0 Å². The molecule has 1 aliphatic rings. The predicted molar refractivity (Wildman–Crippen MR) is 141 cm³/mol. The van der Waals surface area contributed by atoms with Crippen LogP contribution in [0.15, 0.2) is 6.07 Å². The number of imide groups is 1. The number of esters is 1. The molecule has 0 atom stereocenters. The van der Waals surface area contributed by atoms with Gasteiger partial charge in [-0.3, -0.25) is 0 Å². The minimum Gasteiger partial charge on any atom is -0.461 e. The first-order chi connectivity index (χ1) is 17.8. The first-order valence-corrected chi connectivity index (χ1v) is 12.6. The predicted octanol–water partition coefficient (Wildman–Crippen LogP) is 5.70.